The number of aliphatic hydroxyl groups is 13. The highest BCUT2D eigenvalue weighted by molar-refractivity contribution is 5.79. The minimum atomic E-state index is -1.83. The second-order valence-electron chi connectivity index (χ2n) is 25.5. The highest BCUT2D eigenvalue weighted by Gasteiger charge is 2.72. The number of hydrogen-bond donors (Lipinski definition) is 13. The molecule has 4 saturated heterocycles. The number of esters is 1. The summed E-state index contributed by atoms with van der Waals surface area (Å²) in [5.41, 5.74) is -3.08. The zero-order valence-electron chi connectivity index (χ0n) is 44.4. The Kier molecular flexibility index (Phi) is 16.1. The molecular formula is C53H86O22. The lowest BCUT2D eigenvalue weighted by Crippen LogP contribution is -2.68. The molecular weight excluding hydrogens is 989 g/mol. The minimum Gasteiger partial charge on any atom is -0.432 e. The zero-order valence-corrected chi connectivity index (χ0v) is 44.4. The van der Waals surface area contributed by atoms with E-state index in [1.165, 1.54) is 6.92 Å². The van der Waals surface area contributed by atoms with Crippen LogP contribution >= 0.6 is 0 Å². The molecule has 0 unspecified atom stereocenters. The van der Waals surface area contributed by atoms with E-state index in [-0.39, 0.29) is 35.2 Å². The Morgan fingerprint density at radius 3 is 1.88 bits per heavy atom. The van der Waals surface area contributed by atoms with Crippen LogP contribution in [0.3, 0.4) is 0 Å². The molecule has 0 spiro atoms. The molecule has 4 aliphatic heterocycles. The third-order valence-electron chi connectivity index (χ3n) is 21.4. The fraction of sp³-hybridized carbons (Fsp3) is 0.943. The molecule has 0 aromatic heterocycles. The highest BCUT2D eigenvalue weighted by Crippen LogP contribution is 2.76. The van der Waals surface area contributed by atoms with Gasteiger partial charge in [-0.3, -0.25) is 4.79 Å². The van der Waals surface area contributed by atoms with Crippen molar-refractivity contribution in [1.29, 1.82) is 0 Å². The Hall–Kier alpha value is -1.59. The van der Waals surface area contributed by atoms with Gasteiger partial charge in [-0.2, -0.15) is 0 Å². The first kappa shape index (κ1) is 58.1. The molecule has 75 heavy (non-hydrogen) atoms. The minimum absolute atomic E-state index is 0.0902. The van der Waals surface area contributed by atoms with Gasteiger partial charge in [0.05, 0.1) is 43.0 Å². The van der Waals surface area contributed by atoms with Crippen molar-refractivity contribution < 1.29 is 109 Å². The van der Waals surface area contributed by atoms with E-state index in [1.54, 1.807) is 6.92 Å². The van der Waals surface area contributed by atoms with Crippen molar-refractivity contribution in [2.45, 2.75) is 242 Å². The lowest BCUT2D eigenvalue weighted by Gasteiger charge is -2.72. The summed E-state index contributed by atoms with van der Waals surface area (Å²) in [5.74, 6) is -1.26. The third kappa shape index (κ3) is 9.12. The number of carbonyl (C=O) groups excluding carboxylic acids is 1. The fourth-order valence-electron chi connectivity index (χ4n) is 16.4. The fourth-order valence-corrected chi connectivity index (χ4v) is 16.4. The molecule has 8 fully saturated rings. The zero-order chi connectivity index (χ0) is 54.9. The molecule has 430 valence electrons. The summed E-state index contributed by atoms with van der Waals surface area (Å²) in [5, 5.41) is 141. The van der Waals surface area contributed by atoms with E-state index in [0.717, 1.165) is 24.8 Å². The van der Waals surface area contributed by atoms with Crippen LogP contribution < -0.4 is 0 Å². The second-order valence-corrected chi connectivity index (χ2v) is 25.5. The van der Waals surface area contributed by atoms with E-state index in [2.05, 4.69) is 40.7 Å². The number of ether oxygens (including phenoxy) is 8. The maximum absolute atomic E-state index is 14.8. The number of hydrogen-bond acceptors (Lipinski definition) is 22. The normalized spacial score (nSPS) is 55.8. The maximum atomic E-state index is 14.8. The number of allylic oxidation sites excluding steroid dienone is 1. The summed E-state index contributed by atoms with van der Waals surface area (Å²) >= 11 is 0. The van der Waals surface area contributed by atoms with Crippen molar-refractivity contribution >= 4 is 5.97 Å². The van der Waals surface area contributed by atoms with Crippen molar-refractivity contribution in [2.75, 3.05) is 19.8 Å². The van der Waals surface area contributed by atoms with Crippen molar-refractivity contribution in [1.82, 2.24) is 0 Å². The summed E-state index contributed by atoms with van der Waals surface area (Å²) in [7, 11) is 0. The van der Waals surface area contributed by atoms with Crippen LogP contribution in [0.4, 0.5) is 0 Å². The predicted molar refractivity (Wildman–Crippen MR) is 257 cm³/mol. The van der Waals surface area contributed by atoms with Crippen LogP contribution in [-0.4, -0.2) is 221 Å². The molecule has 4 saturated carbocycles. The largest absolute Gasteiger partial charge is 0.432 e. The molecule has 13 N–H and O–H groups in total. The van der Waals surface area contributed by atoms with E-state index >= 15 is 0 Å². The van der Waals surface area contributed by atoms with Crippen molar-refractivity contribution in [3.63, 3.8) is 0 Å². The Balaban J connectivity index is 0.958. The molecule has 0 aromatic carbocycles. The average Bonchev–Trinajstić information content (AvgIpc) is 3.38. The lowest BCUT2D eigenvalue weighted by atomic mass is 9.33. The smallest absolute Gasteiger partial charge is 0.315 e. The van der Waals surface area contributed by atoms with E-state index in [1.807, 2.05) is 6.92 Å². The second kappa shape index (κ2) is 20.7. The molecule has 0 radical (unpaired) electrons. The van der Waals surface area contributed by atoms with Crippen LogP contribution in [0.25, 0.3) is 0 Å². The van der Waals surface area contributed by atoms with Crippen LogP contribution in [0.15, 0.2) is 11.6 Å². The molecule has 22 heteroatoms. The molecule has 0 bridgehead atoms. The molecule has 22 nitrogen and oxygen atoms in total. The van der Waals surface area contributed by atoms with E-state index in [0.29, 0.717) is 38.5 Å². The molecule has 29 atom stereocenters. The van der Waals surface area contributed by atoms with Crippen LogP contribution in [-0.2, 0) is 42.7 Å². The summed E-state index contributed by atoms with van der Waals surface area (Å²) < 4.78 is 48.4. The first-order chi connectivity index (χ1) is 35.0. The molecule has 5 aliphatic carbocycles. The monoisotopic (exact) mass is 1070 g/mol. The van der Waals surface area contributed by atoms with Gasteiger partial charge in [0.25, 0.3) is 0 Å². The van der Waals surface area contributed by atoms with Gasteiger partial charge in [0, 0.05) is 5.92 Å². The average molecular weight is 1080 g/mol. The van der Waals surface area contributed by atoms with Gasteiger partial charge >= 0.3 is 5.97 Å². The topological polar surface area (TPSA) is 354 Å². The van der Waals surface area contributed by atoms with Crippen molar-refractivity contribution in [3.05, 3.63) is 11.6 Å². The molecule has 4 heterocycles. The van der Waals surface area contributed by atoms with Crippen molar-refractivity contribution in [2.24, 2.45) is 50.7 Å². The third-order valence-corrected chi connectivity index (χ3v) is 21.4. The van der Waals surface area contributed by atoms with Crippen molar-refractivity contribution in [3.8, 4) is 0 Å². The van der Waals surface area contributed by atoms with Gasteiger partial charge in [-0.05, 0) is 111 Å². The highest BCUT2D eigenvalue weighted by atomic mass is 16.8. The Morgan fingerprint density at radius 2 is 1.21 bits per heavy atom. The van der Waals surface area contributed by atoms with Gasteiger partial charge in [-0.25, -0.2) is 0 Å². The van der Waals surface area contributed by atoms with E-state index in [4.69, 9.17) is 37.9 Å². The summed E-state index contributed by atoms with van der Waals surface area (Å²) in [6.45, 7) is 14.8. The number of fused-ring (bicyclic) bond motifs is 7. The summed E-state index contributed by atoms with van der Waals surface area (Å²) in [4.78, 5) is 14.8. The lowest BCUT2D eigenvalue weighted by molar-refractivity contribution is -0.392. The van der Waals surface area contributed by atoms with Crippen LogP contribution in [0.1, 0.15) is 113 Å². The van der Waals surface area contributed by atoms with E-state index < -0.39 is 170 Å². The van der Waals surface area contributed by atoms with E-state index in [9.17, 15) is 71.2 Å². The van der Waals surface area contributed by atoms with Gasteiger partial charge < -0.3 is 104 Å². The Morgan fingerprint density at radius 1 is 0.613 bits per heavy atom. The first-order valence-corrected chi connectivity index (χ1v) is 27.3. The number of aliphatic hydroxyl groups excluding tert-OH is 12. The molecule has 9 rings (SSSR count). The quantitative estimate of drug-likeness (QED) is 0.0680. The Labute approximate surface area is 437 Å². The number of carbonyl (C=O) groups is 1. The van der Waals surface area contributed by atoms with Gasteiger partial charge in [0.1, 0.15) is 85.5 Å². The Bertz CT molecular complexity index is 2080. The van der Waals surface area contributed by atoms with Gasteiger partial charge in [-0.15, -0.1) is 0 Å². The first-order valence-electron chi connectivity index (χ1n) is 27.3. The van der Waals surface area contributed by atoms with Crippen LogP contribution in [0.2, 0.25) is 0 Å². The maximum Gasteiger partial charge on any atom is 0.315 e. The van der Waals surface area contributed by atoms with Gasteiger partial charge in [0.15, 0.2) is 18.9 Å². The molecule has 0 amide bonds. The number of rotatable bonds is 10. The van der Waals surface area contributed by atoms with Gasteiger partial charge in [0.2, 0.25) is 6.29 Å². The predicted octanol–water partition coefficient (Wildman–Crippen LogP) is -1.40. The SMILES string of the molecule is C[C@@H]1O[C@@H](O[C@H]2[C@H](O[C@H]3[C@H](O[C@H]4CC[C@]5(C)[C@H]6CC=C7[C@H]8[C@](C(=O)O[C@@H]9O[C@H](CO)[C@@H](O)[C@H](O)[C@H]9O)(CC[C@H](C)[C@@]8(C)O)CC[C@@]7(C)[C@]6(C)CC[C@H]5C4(C)C)OC[C@@H](O)[C@@H]3O)O[C@H](CO)[C@@H](O)[C@@H]2O)[C@H](O)[C@H](O)[C@H]1O. The van der Waals surface area contributed by atoms with Gasteiger partial charge in [-0.1, -0.05) is 53.2 Å². The van der Waals surface area contributed by atoms with Crippen LogP contribution in [0.5, 0.6) is 0 Å². The van der Waals surface area contributed by atoms with Crippen LogP contribution in [0, 0.1) is 50.7 Å². The standard InChI is InChI=1S/C53H86O22/c1-22-11-16-53(47(66)75-44-39(65)36(62)33(59)26(19-54)70-44)18-17-50(6)24(42(53)52(22,8)67)9-10-29-49(5)14-13-30(48(3,4)28(49)12-15-51(29,50)7)72-45-40(32(58)25(56)21-68-45)74-46-41(37(63)34(60)27(20-55)71-46)73-43-38(64)35(61)31(57)23(2)69-43/h9,22-23,25-46,54-65,67H,10-21H2,1-8H3/t22-,23-,25+,26+,27+,28-,29+,30-,31-,32-,33+,34+,35+,36-,37-,38+,39+,40+,41+,42+,43-,44-,45-,46-,49-,50+,51+,52+,53-/m0/s1. The molecule has 0 aromatic rings. The molecule has 9 aliphatic rings. The summed E-state index contributed by atoms with van der Waals surface area (Å²) in [6, 6.07) is 0. The summed E-state index contributed by atoms with van der Waals surface area (Å²) in [6.07, 6.45) is -22.7.